The first kappa shape index (κ1) is 26.4. The number of carbonyl (C=O) groups is 2. The number of Topliss-reactive ketones (excluding diaryl/α,β-unsaturated/α-hetero) is 1. The third-order valence-electron chi connectivity index (χ3n) is 10.6. The van der Waals surface area contributed by atoms with Crippen molar-refractivity contribution < 1.29 is 33.2 Å². The zero-order chi connectivity index (χ0) is 26.8. The Balaban J connectivity index is 1.45. The minimum absolute atomic E-state index is 0.0440. The summed E-state index contributed by atoms with van der Waals surface area (Å²) in [5.74, 6) is -1.30. The van der Waals surface area contributed by atoms with Gasteiger partial charge >= 0.3 is 13.5 Å². The summed E-state index contributed by atoms with van der Waals surface area (Å²) in [7, 11) is 1.53. The number of rotatable bonds is 5. The van der Waals surface area contributed by atoms with Gasteiger partial charge in [0.05, 0.1) is 12.7 Å². The Bertz CT molecular complexity index is 1120. The number of halogens is 1. The fourth-order valence-electron chi connectivity index (χ4n) is 8.01. The number of hydrogen-bond acceptors (Lipinski definition) is 6. The molecular formula is C29H37BFO6. The highest BCUT2D eigenvalue weighted by Gasteiger charge is 2.68. The van der Waals surface area contributed by atoms with Crippen LogP contribution in [0.2, 0.25) is 0 Å². The third kappa shape index (κ3) is 3.97. The van der Waals surface area contributed by atoms with E-state index in [-0.39, 0.29) is 34.7 Å². The summed E-state index contributed by atoms with van der Waals surface area (Å²) in [4.78, 5) is 26.6. The number of aliphatic hydroxyl groups excluding tert-OH is 1. The topological polar surface area (TPSA) is 82.1 Å². The molecule has 37 heavy (non-hydrogen) atoms. The summed E-state index contributed by atoms with van der Waals surface area (Å²) in [6.45, 7) is 12.1. The lowest BCUT2D eigenvalue weighted by Gasteiger charge is -2.61. The van der Waals surface area contributed by atoms with Gasteiger partial charge in [-0.05, 0) is 66.1 Å². The van der Waals surface area contributed by atoms with Crippen molar-refractivity contribution in [3.63, 3.8) is 0 Å². The molecule has 3 aliphatic carbocycles. The molecule has 0 amide bonds. The highest BCUT2D eigenvalue weighted by atomic mass is 19.1. The lowest BCUT2D eigenvalue weighted by atomic mass is 9.44. The van der Waals surface area contributed by atoms with Crippen LogP contribution in [0, 0.1) is 39.8 Å². The summed E-state index contributed by atoms with van der Waals surface area (Å²) in [6, 6.07) is 2.87. The van der Waals surface area contributed by atoms with E-state index in [1.807, 2.05) is 6.92 Å². The lowest BCUT2D eigenvalue weighted by molar-refractivity contribution is -0.207. The summed E-state index contributed by atoms with van der Waals surface area (Å²) in [5.41, 5.74) is -0.215. The normalized spacial score (nSPS) is 40.6. The van der Waals surface area contributed by atoms with E-state index in [4.69, 9.17) is 14.1 Å². The first-order valence-corrected chi connectivity index (χ1v) is 13.4. The average Bonchev–Trinajstić information content (AvgIpc) is 3.47. The molecule has 1 aromatic rings. The Hall–Kier alpha value is -2.19. The second-order valence-corrected chi connectivity index (χ2v) is 12.3. The Morgan fingerprint density at radius 1 is 1.32 bits per heavy atom. The van der Waals surface area contributed by atoms with Crippen molar-refractivity contribution in [3.8, 4) is 5.75 Å². The Morgan fingerprint density at radius 2 is 2.08 bits per heavy atom. The van der Waals surface area contributed by atoms with Gasteiger partial charge in [-0.3, -0.25) is 4.79 Å². The van der Waals surface area contributed by atoms with E-state index in [1.165, 1.54) is 19.6 Å². The second kappa shape index (κ2) is 9.23. The molecule has 0 unspecified atom stereocenters. The number of carbonyl (C=O) groups excluding carboxylic acids is 2. The number of ketones is 1. The van der Waals surface area contributed by atoms with Crippen molar-refractivity contribution in [2.45, 2.75) is 78.6 Å². The van der Waals surface area contributed by atoms with Gasteiger partial charge in [-0.25, -0.2) is 9.18 Å². The molecule has 199 valence electrons. The van der Waals surface area contributed by atoms with Crippen LogP contribution in [-0.4, -0.2) is 43.2 Å². The first-order chi connectivity index (χ1) is 17.5. The van der Waals surface area contributed by atoms with Gasteiger partial charge in [-0.15, -0.1) is 6.58 Å². The van der Waals surface area contributed by atoms with Crippen LogP contribution < -0.4 is 10.2 Å². The molecule has 1 N–H and O–H groups in total. The van der Waals surface area contributed by atoms with E-state index in [1.54, 1.807) is 6.08 Å². The highest BCUT2D eigenvalue weighted by molar-refractivity contribution is 6.48. The van der Waals surface area contributed by atoms with Crippen LogP contribution in [0.5, 0.6) is 5.75 Å². The van der Waals surface area contributed by atoms with Crippen molar-refractivity contribution >= 4 is 24.7 Å². The quantitative estimate of drug-likeness (QED) is 0.367. The van der Waals surface area contributed by atoms with Gasteiger partial charge in [0.15, 0.2) is 18.2 Å². The van der Waals surface area contributed by atoms with Gasteiger partial charge in [0.25, 0.3) is 0 Å². The monoisotopic (exact) mass is 511 g/mol. The SMILES string of the molecule is C=C[C@]1(C)C[C@@H](OC(=O)COc2cc3c(cc2F)CO[B]3)[C@]2(C)[C@H](C)CC[C@]3(CCC(=O)[C@H]32)[C@@H](C)[C@@H]1O. The molecule has 0 saturated heterocycles. The van der Waals surface area contributed by atoms with Crippen LogP contribution in [0.15, 0.2) is 24.8 Å². The van der Waals surface area contributed by atoms with E-state index in [0.29, 0.717) is 24.9 Å². The molecule has 4 aliphatic rings. The second-order valence-electron chi connectivity index (χ2n) is 12.3. The Kier molecular flexibility index (Phi) is 6.59. The molecule has 3 saturated carbocycles. The zero-order valence-electron chi connectivity index (χ0n) is 22.2. The number of ether oxygens (including phenoxy) is 2. The molecule has 8 atom stereocenters. The van der Waals surface area contributed by atoms with E-state index < -0.39 is 41.4 Å². The largest absolute Gasteiger partial charge is 0.479 e. The van der Waals surface area contributed by atoms with Gasteiger partial charge in [-0.2, -0.15) is 0 Å². The molecule has 8 heteroatoms. The number of benzene rings is 1. The molecule has 5 rings (SSSR count). The van der Waals surface area contributed by atoms with Crippen LogP contribution >= 0.6 is 0 Å². The van der Waals surface area contributed by atoms with E-state index >= 15 is 0 Å². The first-order valence-electron chi connectivity index (χ1n) is 13.4. The van der Waals surface area contributed by atoms with Crippen molar-refractivity contribution in [2.75, 3.05) is 6.61 Å². The zero-order valence-corrected chi connectivity index (χ0v) is 22.2. The Labute approximate surface area is 219 Å². The van der Waals surface area contributed by atoms with Gasteiger partial charge in [0, 0.05) is 23.2 Å². The molecule has 0 spiro atoms. The number of esters is 1. The van der Waals surface area contributed by atoms with E-state index in [2.05, 4.69) is 27.4 Å². The van der Waals surface area contributed by atoms with Gasteiger partial charge in [-0.1, -0.05) is 33.8 Å². The van der Waals surface area contributed by atoms with Crippen molar-refractivity contribution in [2.24, 2.45) is 34.0 Å². The minimum Gasteiger partial charge on any atom is -0.479 e. The average molecular weight is 511 g/mol. The van der Waals surface area contributed by atoms with Gasteiger partial charge in [0.1, 0.15) is 11.9 Å². The number of fused-ring (bicyclic) bond motifs is 1. The summed E-state index contributed by atoms with van der Waals surface area (Å²) in [5, 5.41) is 11.6. The standard InChI is InChI=1S/C29H37BFO6/c1-6-27(4)13-23(37-24(33)15-35-22-12-19-18(11-20(22)31)14-36-30-19)28(5)16(2)7-9-29(17(3)26(27)34)10-8-21(32)25(28)29/h6,11-12,16-17,23,25-26,34H,1,7-10,13-15H2,2-5H3/t16-,17+,23-,25+,26+,27-,28+,29+/m1/s1. The maximum atomic E-state index is 14.5. The molecule has 1 aliphatic heterocycles. The summed E-state index contributed by atoms with van der Waals surface area (Å²) < 4.78 is 31.4. The van der Waals surface area contributed by atoms with Gasteiger partial charge in [0.2, 0.25) is 0 Å². The lowest BCUT2D eigenvalue weighted by Crippen LogP contribution is -2.63. The van der Waals surface area contributed by atoms with Crippen molar-refractivity contribution in [1.29, 1.82) is 0 Å². The molecule has 3 fully saturated rings. The van der Waals surface area contributed by atoms with Gasteiger partial charge < -0.3 is 19.2 Å². The molecule has 6 nitrogen and oxygen atoms in total. The van der Waals surface area contributed by atoms with Crippen LogP contribution in [0.1, 0.15) is 65.4 Å². The van der Waals surface area contributed by atoms with Crippen molar-refractivity contribution in [3.05, 3.63) is 36.2 Å². The smallest absolute Gasteiger partial charge is 0.344 e. The van der Waals surface area contributed by atoms with Crippen molar-refractivity contribution in [1.82, 2.24) is 0 Å². The van der Waals surface area contributed by atoms with Crippen LogP contribution in [0.3, 0.4) is 0 Å². The molecule has 1 heterocycles. The maximum Gasteiger partial charge on any atom is 0.344 e. The van der Waals surface area contributed by atoms with E-state index in [9.17, 15) is 19.1 Å². The van der Waals surface area contributed by atoms with E-state index in [0.717, 1.165) is 24.8 Å². The summed E-state index contributed by atoms with van der Waals surface area (Å²) in [6.07, 6.45) is 3.73. The fourth-order valence-corrected chi connectivity index (χ4v) is 8.01. The van der Waals surface area contributed by atoms with Crippen LogP contribution in [0.25, 0.3) is 0 Å². The van der Waals surface area contributed by atoms with Crippen LogP contribution in [0.4, 0.5) is 4.39 Å². The molecule has 1 radical (unpaired) electrons. The maximum absolute atomic E-state index is 14.5. The minimum atomic E-state index is -0.729. The molecule has 0 aromatic heterocycles. The predicted octanol–water partition coefficient (Wildman–Crippen LogP) is 3.89. The van der Waals surface area contributed by atoms with Crippen LogP contribution in [-0.2, 0) is 25.6 Å². The number of hydrogen-bond donors (Lipinski definition) is 1. The molecule has 2 bridgehead atoms. The molecule has 1 aromatic carbocycles. The summed E-state index contributed by atoms with van der Waals surface area (Å²) >= 11 is 0. The molecular weight excluding hydrogens is 474 g/mol. The number of aliphatic hydroxyl groups is 1. The third-order valence-corrected chi connectivity index (χ3v) is 10.6. The highest BCUT2D eigenvalue weighted by Crippen LogP contribution is 2.68. The Morgan fingerprint density at radius 3 is 2.81 bits per heavy atom. The predicted molar refractivity (Wildman–Crippen MR) is 137 cm³/mol. The fraction of sp³-hybridized carbons (Fsp3) is 0.655.